The Bertz CT molecular complexity index is 601. The first-order chi connectivity index (χ1) is 13.7. The van der Waals surface area contributed by atoms with Crippen molar-refractivity contribution in [1.82, 2.24) is 20.0 Å². The van der Waals surface area contributed by atoms with E-state index >= 15 is 0 Å². The topological polar surface area (TPSA) is 34.1 Å². The molecule has 2 heterocycles. The van der Waals surface area contributed by atoms with Gasteiger partial charge in [0, 0.05) is 64.8 Å². The number of likely N-dealkylation sites (tertiary alicyclic amines) is 1. The lowest BCUT2D eigenvalue weighted by Crippen LogP contribution is -2.47. The van der Waals surface area contributed by atoms with Gasteiger partial charge in [-0.3, -0.25) is 4.99 Å². The number of likely N-dealkylation sites (N-methyl/N-ethyl adjacent to an activating group) is 1. The monoisotopic (exact) mass is 513 g/mol. The molecule has 0 spiro atoms. The lowest BCUT2D eigenvalue weighted by Gasteiger charge is -2.35. The zero-order chi connectivity index (χ0) is 19.8. The maximum Gasteiger partial charge on any atom is 0.193 e. The van der Waals surface area contributed by atoms with Gasteiger partial charge in [0.25, 0.3) is 0 Å². The van der Waals surface area contributed by atoms with Crippen molar-refractivity contribution >= 4 is 29.9 Å². The molecule has 1 aromatic rings. The molecule has 1 N–H and O–H groups in total. The highest BCUT2D eigenvalue weighted by Gasteiger charge is 2.26. The van der Waals surface area contributed by atoms with Crippen LogP contribution in [0.1, 0.15) is 38.7 Å². The molecule has 2 saturated heterocycles. The van der Waals surface area contributed by atoms with Crippen LogP contribution >= 0.6 is 24.0 Å². The Kier molecular flexibility index (Phi) is 10.7. The van der Waals surface area contributed by atoms with Crippen molar-refractivity contribution in [2.75, 3.05) is 65.4 Å². The fourth-order valence-corrected chi connectivity index (χ4v) is 4.40. The molecule has 6 heteroatoms. The maximum absolute atomic E-state index is 5.01. The number of nitrogens with one attached hydrogen (secondary N) is 1. The highest BCUT2D eigenvalue weighted by molar-refractivity contribution is 14.0. The Morgan fingerprint density at radius 1 is 1.07 bits per heavy atom. The van der Waals surface area contributed by atoms with Crippen molar-refractivity contribution in [2.45, 2.75) is 33.1 Å². The summed E-state index contributed by atoms with van der Waals surface area (Å²) in [6.07, 6.45) is 1.21. The van der Waals surface area contributed by atoms with Crippen LogP contribution in [0.15, 0.2) is 35.3 Å². The molecule has 0 amide bonds. The van der Waals surface area contributed by atoms with Crippen LogP contribution in [0.2, 0.25) is 0 Å². The highest BCUT2D eigenvalue weighted by atomic mass is 127. The van der Waals surface area contributed by atoms with E-state index in [1.807, 2.05) is 0 Å². The first-order valence-electron chi connectivity index (χ1n) is 11.2. The quantitative estimate of drug-likeness (QED) is 0.345. The number of guanidine groups is 1. The number of hydrogen-bond donors (Lipinski definition) is 1. The van der Waals surface area contributed by atoms with Gasteiger partial charge in [0.1, 0.15) is 0 Å². The van der Waals surface area contributed by atoms with E-state index in [1.165, 1.54) is 44.7 Å². The average Bonchev–Trinajstić information content (AvgIpc) is 3.22. The van der Waals surface area contributed by atoms with Gasteiger partial charge in [0.05, 0.1) is 0 Å². The predicted molar refractivity (Wildman–Crippen MR) is 134 cm³/mol. The molecular weight excluding hydrogens is 473 g/mol. The summed E-state index contributed by atoms with van der Waals surface area (Å²) in [4.78, 5) is 12.6. The lowest BCUT2D eigenvalue weighted by molar-refractivity contribution is 0.125. The van der Waals surface area contributed by atoms with Gasteiger partial charge < -0.3 is 20.0 Å². The van der Waals surface area contributed by atoms with Crippen LogP contribution in [0.25, 0.3) is 0 Å². The number of benzene rings is 1. The molecule has 2 unspecified atom stereocenters. The third-order valence-electron chi connectivity index (χ3n) is 6.13. The number of piperazine rings is 1. The minimum Gasteiger partial charge on any atom is -0.357 e. The fourth-order valence-electron chi connectivity index (χ4n) is 4.40. The van der Waals surface area contributed by atoms with Gasteiger partial charge in [-0.05, 0) is 31.4 Å². The van der Waals surface area contributed by atoms with E-state index < -0.39 is 0 Å². The molecule has 1 aromatic carbocycles. The summed E-state index contributed by atoms with van der Waals surface area (Å²) in [5.74, 6) is 2.32. The molecule has 2 aliphatic heterocycles. The number of halogens is 1. The minimum absolute atomic E-state index is 0. The van der Waals surface area contributed by atoms with Crippen LogP contribution < -0.4 is 5.32 Å². The summed E-state index contributed by atoms with van der Waals surface area (Å²) < 4.78 is 0. The van der Waals surface area contributed by atoms with Crippen molar-refractivity contribution in [3.05, 3.63) is 35.9 Å². The van der Waals surface area contributed by atoms with Crippen LogP contribution in [-0.2, 0) is 0 Å². The largest absolute Gasteiger partial charge is 0.357 e. The minimum atomic E-state index is 0. The highest BCUT2D eigenvalue weighted by Crippen LogP contribution is 2.26. The third-order valence-corrected chi connectivity index (χ3v) is 6.13. The first-order valence-corrected chi connectivity index (χ1v) is 11.2. The SMILES string of the molecule is CCNC(=NCC(C)CN1CCN(CC)CC1)N1CCC(c2ccccc2)C1.I. The Labute approximate surface area is 194 Å². The third kappa shape index (κ3) is 7.40. The van der Waals surface area contributed by atoms with Crippen LogP contribution in [-0.4, -0.2) is 86.1 Å². The molecule has 3 rings (SSSR count). The maximum atomic E-state index is 5.01. The second kappa shape index (κ2) is 12.7. The molecule has 2 atom stereocenters. The van der Waals surface area contributed by atoms with Gasteiger partial charge in [-0.1, -0.05) is 44.2 Å². The summed E-state index contributed by atoms with van der Waals surface area (Å²) in [7, 11) is 0. The van der Waals surface area contributed by atoms with Gasteiger partial charge in [0.2, 0.25) is 0 Å². The normalized spacial score (nSPS) is 22.4. The fraction of sp³-hybridized carbons (Fsp3) is 0.696. The molecule has 29 heavy (non-hydrogen) atoms. The molecule has 0 aromatic heterocycles. The van der Waals surface area contributed by atoms with Gasteiger partial charge in [-0.2, -0.15) is 0 Å². The van der Waals surface area contributed by atoms with Crippen LogP contribution in [0.3, 0.4) is 0 Å². The molecule has 2 fully saturated rings. The van der Waals surface area contributed by atoms with Crippen molar-refractivity contribution in [3.63, 3.8) is 0 Å². The summed E-state index contributed by atoms with van der Waals surface area (Å²) in [5.41, 5.74) is 1.46. The van der Waals surface area contributed by atoms with E-state index in [4.69, 9.17) is 4.99 Å². The zero-order valence-electron chi connectivity index (χ0n) is 18.5. The van der Waals surface area contributed by atoms with Crippen molar-refractivity contribution in [3.8, 4) is 0 Å². The summed E-state index contributed by atoms with van der Waals surface area (Å²) in [5, 5.41) is 3.52. The number of aliphatic imine (C=N–C) groups is 1. The summed E-state index contributed by atoms with van der Waals surface area (Å²) in [6.45, 7) is 17.9. The second-order valence-electron chi connectivity index (χ2n) is 8.38. The second-order valence-corrected chi connectivity index (χ2v) is 8.38. The van der Waals surface area contributed by atoms with Gasteiger partial charge in [-0.15, -0.1) is 24.0 Å². The smallest absolute Gasteiger partial charge is 0.193 e. The van der Waals surface area contributed by atoms with E-state index in [1.54, 1.807) is 0 Å². The number of nitrogens with zero attached hydrogens (tertiary/aromatic N) is 4. The molecule has 0 saturated carbocycles. The summed E-state index contributed by atoms with van der Waals surface area (Å²) >= 11 is 0. The number of hydrogen-bond acceptors (Lipinski definition) is 3. The zero-order valence-corrected chi connectivity index (χ0v) is 20.8. The van der Waals surface area contributed by atoms with Crippen molar-refractivity contribution in [1.29, 1.82) is 0 Å². The van der Waals surface area contributed by atoms with Crippen LogP contribution in [0.4, 0.5) is 0 Å². The molecule has 5 nitrogen and oxygen atoms in total. The molecule has 0 aliphatic carbocycles. The van der Waals surface area contributed by atoms with E-state index in [2.05, 4.69) is 71.1 Å². The Hall–Kier alpha value is -0.860. The first kappa shape index (κ1) is 24.4. The summed E-state index contributed by atoms with van der Waals surface area (Å²) in [6, 6.07) is 10.9. The molecule has 0 radical (unpaired) electrons. The number of rotatable bonds is 7. The Morgan fingerprint density at radius 3 is 2.41 bits per heavy atom. The van der Waals surface area contributed by atoms with E-state index in [9.17, 15) is 0 Å². The van der Waals surface area contributed by atoms with E-state index in [-0.39, 0.29) is 24.0 Å². The standard InChI is InChI=1S/C23H39N5.HI/c1-4-24-23(28-12-11-22(19-28)21-9-7-6-8-10-21)25-17-20(3)18-27-15-13-26(5-2)14-16-27;/h6-10,20,22H,4-5,11-19H2,1-3H3,(H,24,25);1H. The van der Waals surface area contributed by atoms with Crippen molar-refractivity contribution in [2.24, 2.45) is 10.9 Å². The average molecular weight is 514 g/mol. The predicted octanol–water partition coefficient (Wildman–Crippen LogP) is 3.33. The van der Waals surface area contributed by atoms with Crippen molar-refractivity contribution < 1.29 is 0 Å². The van der Waals surface area contributed by atoms with E-state index in [0.717, 1.165) is 38.7 Å². The van der Waals surface area contributed by atoms with Crippen LogP contribution in [0.5, 0.6) is 0 Å². The molecule has 2 aliphatic rings. The van der Waals surface area contributed by atoms with Crippen LogP contribution in [0, 0.1) is 5.92 Å². The van der Waals surface area contributed by atoms with Gasteiger partial charge in [0.15, 0.2) is 5.96 Å². The van der Waals surface area contributed by atoms with E-state index in [0.29, 0.717) is 11.8 Å². The molecular formula is C23H40IN5. The van der Waals surface area contributed by atoms with Gasteiger partial charge in [-0.25, -0.2) is 0 Å². The molecule has 0 bridgehead atoms. The lowest BCUT2D eigenvalue weighted by atomic mass is 9.99. The Balaban J connectivity index is 0.00000300. The molecule has 164 valence electrons. The van der Waals surface area contributed by atoms with Gasteiger partial charge >= 0.3 is 0 Å². The Morgan fingerprint density at radius 2 is 1.76 bits per heavy atom.